The lowest BCUT2D eigenvalue weighted by Crippen LogP contribution is -2.94. The first-order valence-electron chi connectivity index (χ1n) is 15.6. The first-order valence-corrected chi connectivity index (χ1v) is 15.6. The fourth-order valence-electron chi connectivity index (χ4n) is 7.80. The Bertz CT molecular complexity index is 753. The molecule has 0 aromatic heterocycles. The number of rotatable bonds is 10. The zero-order valence-electron chi connectivity index (χ0n) is 23.3. The van der Waals surface area contributed by atoms with Crippen molar-refractivity contribution < 1.29 is 25.4 Å². The predicted molar refractivity (Wildman–Crippen MR) is 146 cm³/mol. The molecule has 6 heteroatoms. The molecule has 0 spiro atoms. The summed E-state index contributed by atoms with van der Waals surface area (Å²) in [5, 5.41) is 35.3. The lowest BCUT2D eigenvalue weighted by atomic mass is 9.78. The molecule has 3 aliphatic carbocycles. The van der Waals surface area contributed by atoms with Crippen LogP contribution in [-0.4, -0.2) is 59.1 Å². The molecule has 3 fully saturated rings. The summed E-state index contributed by atoms with van der Waals surface area (Å²) in [6.07, 6.45) is 14.7. The second kappa shape index (κ2) is 14.1. The third kappa shape index (κ3) is 8.16. The summed E-state index contributed by atoms with van der Waals surface area (Å²) >= 11 is 0. The molecule has 7 N–H and O–H groups in total. The van der Waals surface area contributed by atoms with Gasteiger partial charge in [-0.3, -0.25) is 5.73 Å². The van der Waals surface area contributed by atoms with E-state index < -0.39 is 12.2 Å². The minimum atomic E-state index is -0.523. The highest BCUT2D eigenvalue weighted by molar-refractivity contribution is 5.15. The van der Waals surface area contributed by atoms with E-state index in [0.717, 1.165) is 90.0 Å². The van der Waals surface area contributed by atoms with E-state index in [4.69, 9.17) is 10.5 Å². The van der Waals surface area contributed by atoms with E-state index in [2.05, 4.69) is 24.1 Å². The number of ether oxygens (including phenoxy) is 1. The molecular formula is C31H55N2O4+. The van der Waals surface area contributed by atoms with Gasteiger partial charge in [0.15, 0.2) is 0 Å². The van der Waals surface area contributed by atoms with Crippen molar-refractivity contribution >= 4 is 0 Å². The molecule has 0 aromatic rings. The summed E-state index contributed by atoms with van der Waals surface area (Å²) in [6.45, 7) is 4.09. The van der Waals surface area contributed by atoms with Gasteiger partial charge in [-0.25, -0.2) is 0 Å². The van der Waals surface area contributed by atoms with Crippen LogP contribution >= 0.6 is 0 Å². The first kappa shape index (κ1) is 29.3. The van der Waals surface area contributed by atoms with Gasteiger partial charge in [0, 0.05) is 30.8 Å². The number of quaternary nitrogens is 1. The molecule has 1 aliphatic heterocycles. The van der Waals surface area contributed by atoms with Gasteiger partial charge >= 0.3 is 0 Å². The predicted octanol–water partition coefficient (Wildman–Crippen LogP) is 3.07. The highest BCUT2D eigenvalue weighted by Crippen LogP contribution is 2.43. The molecule has 10 unspecified atom stereocenters. The van der Waals surface area contributed by atoms with E-state index in [1.165, 1.54) is 6.42 Å². The Morgan fingerprint density at radius 1 is 1.05 bits per heavy atom. The van der Waals surface area contributed by atoms with Crippen molar-refractivity contribution in [2.75, 3.05) is 13.2 Å². The topological polar surface area (TPSA) is 113 Å². The molecule has 4 aliphatic rings. The Hall–Kier alpha value is -0.680. The maximum Gasteiger partial charge on any atom is 0.137 e. The molecule has 1 heterocycles. The van der Waals surface area contributed by atoms with E-state index in [1.807, 2.05) is 0 Å². The van der Waals surface area contributed by atoms with Gasteiger partial charge < -0.3 is 25.4 Å². The second-order valence-electron chi connectivity index (χ2n) is 13.0. The zero-order chi connectivity index (χ0) is 26.3. The van der Waals surface area contributed by atoms with Crippen LogP contribution in [0, 0.1) is 40.9 Å². The van der Waals surface area contributed by atoms with Crippen molar-refractivity contribution in [3.63, 3.8) is 0 Å². The Morgan fingerprint density at radius 2 is 1.89 bits per heavy atom. The average Bonchev–Trinajstić information content (AvgIpc) is 3.08. The maximum absolute atomic E-state index is 11.3. The smallest absolute Gasteiger partial charge is 0.137 e. The molecule has 10 atom stereocenters. The van der Waals surface area contributed by atoms with Crippen LogP contribution in [-0.2, 0) is 4.74 Å². The van der Waals surface area contributed by atoms with Crippen molar-refractivity contribution in [1.82, 2.24) is 0 Å². The van der Waals surface area contributed by atoms with E-state index in [0.29, 0.717) is 31.3 Å². The van der Waals surface area contributed by atoms with Gasteiger partial charge in [0.2, 0.25) is 0 Å². The second-order valence-corrected chi connectivity index (χ2v) is 13.0. The van der Waals surface area contributed by atoms with Crippen LogP contribution in [0.3, 0.4) is 0 Å². The van der Waals surface area contributed by atoms with Crippen LogP contribution in [0.25, 0.3) is 0 Å². The van der Waals surface area contributed by atoms with Gasteiger partial charge in [-0.2, -0.15) is 0 Å². The van der Waals surface area contributed by atoms with E-state index in [9.17, 15) is 15.3 Å². The van der Waals surface area contributed by atoms with Gasteiger partial charge in [-0.15, -0.1) is 5.92 Å². The molecule has 0 amide bonds. The van der Waals surface area contributed by atoms with Crippen LogP contribution in [0.1, 0.15) is 110 Å². The molecule has 1 saturated heterocycles. The van der Waals surface area contributed by atoms with Crippen LogP contribution < -0.4 is 11.1 Å². The summed E-state index contributed by atoms with van der Waals surface area (Å²) in [7, 11) is 0. The van der Waals surface area contributed by atoms with Gasteiger partial charge in [-0.05, 0) is 101 Å². The number of aliphatic hydroxyl groups excluding tert-OH is 3. The Balaban J connectivity index is 1.23. The third-order valence-electron chi connectivity index (χ3n) is 10.5. The number of fused-ring (bicyclic) bond motifs is 3. The minimum absolute atomic E-state index is 0.0939. The van der Waals surface area contributed by atoms with Crippen molar-refractivity contribution in [1.29, 1.82) is 0 Å². The van der Waals surface area contributed by atoms with Crippen LogP contribution in [0.2, 0.25) is 0 Å². The number of aliphatic hydroxyl groups is 3. The standard InChI is InChI=1S/C31H54N2O4/c1-2-31-15-3-7-24(13-17-31)30(36)25(8-4-16-31)26(34)11-9-23-10-12-27(35)28(20-23)37-19-5-6-22-14-18-33-29(32)21-22/h22-30,33-36H,2-3,5-15,17-21,32H2,1H3/p+1. The quantitative estimate of drug-likeness (QED) is 0.225. The maximum atomic E-state index is 11.3. The summed E-state index contributed by atoms with van der Waals surface area (Å²) in [5.74, 6) is 8.29. The fourth-order valence-corrected chi connectivity index (χ4v) is 7.80. The lowest BCUT2D eigenvalue weighted by Gasteiger charge is -2.35. The number of piperidine rings is 1. The molecule has 2 bridgehead atoms. The van der Waals surface area contributed by atoms with Gasteiger partial charge in [0.1, 0.15) is 6.17 Å². The molecule has 0 radical (unpaired) electrons. The Morgan fingerprint density at radius 3 is 2.70 bits per heavy atom. The average molecular weight is 520 g/mol. The SMILES string of the molecule is CCC12C#CCC(C(O)CCC3CCC(O)C(OCCCC4CC[NH2+]C(N)C4)C3)C(O)C(CCC1)CC2. The molecule has 2 saturated carbocycles. The number of hydrogen-bond donors (Lipinski definition) is 5. The molecule has 0 aromatic carbocycles. The third-order valence-corrected chi connectivity index (χ3v) is 10.5. The summed E-state index contributed by atoms with van der Waals surface area (Å²) in [6, 6.07) is 0. The first-order chi connectivity index (χ1) is 17.9. The highest BCUT2D eigenvalue weighted by atomic mass is 16.5. The fraction of sp³-hybridized carbons (Fsp3) is 0.935. The molecule has 6 nitrogen and oxygen atoms in total. The van der Waals surface area contributed by atoms with Crippen molar-refractivity contribution in [2.45, 2.75) is 140 Å². The van der Waals surface area contributed by atoms with Crippen LogP contribution in [0.15, 0.2) is 0 Å². The van der Waals surface area contributed by atoms with Crippen molar-refractivity contribution in [3.05, 3.63) is 0 Å². The van der Waals surface area contributed by atoms with Crippen LogP contribution in [0.4, 0.5) is 0 Å². The van der Waals surface area contributed by atoms with Gasteiger partial charge in [0.05, 0.1) is 31.0 Å². The monoisotopic (exact) mass is 519 g/mol. The molecule has 212 valence electrons. The van der Waals surface area contributed by atoms with E-state index in [-0.39, 0.29) is 35.6 Å². The summed E-state index contributed by atoms with van der Waals surface area (Å²) in [5.41, 5.74) is 6.20. The van der Waals surface area contributed by atoms with Crippen molar-refractivity contribution in [2.24, 2.45) is 34.8 Å². The van der Waals surface area contributed by atoms with Crippen molar-refractivity contribution in [3.8, 4) is 11.8 Å². The van der Waals surface area contributed by atoms with Gasteiger partial charge in [-0.1, -0.05) is 19.3 Å². The normalized spacial score (nSPS) is 41.5. The summed E-state index contributed by atoms with van der Waals surface area (Å²) < 4.78 is 6.18. The number of hydrogen-bond acceptors (Lipinski definition) is 5. The lowest BCUT2D eigenvalue weighted by molar-refractivity contribution is -0.699. The van der Waals surface area contributed by atoms with Gasteiger partial charge in [0.25, 0.3) is 0 Å². The summed E-state index contributed by atoms with van der Waals surface area (Å²) in [4.78, 5) is 0. The number of nitrogens with two attached hydrogens (primary N) is 2. The zero-order valence-corrected chi connectivity index (χ0v) is 23.3. The van der Waals surface area contributed by atoms with E-state index >= 15 is 0 Å². The van der Waals surface area contributed by atoms with E-state index in [1.54, 1.807) is 0 Å². The highest BCUT2D eigenvalue weighted by Gasteiger charge is 2.38. The Kier molecular flexibility index (Phi) is 11.2. The molecule has 37 heavy (non-hydrogen) atoms. The minimum Gasteiger partial charge on any atom is -0.393 e. The van der Waals surface area contributed by atoms with Crippen LogP contribution in [0.5, 0.6) is 0 Å². The molecule has 4 rings (SSSR count). The Labute approximate surface area is 225 Å². The largest absolute Gasteiger partial charge is 0.393 e. The molecular weight excluding hydrogens is 464 g/mol.